The van der Waals surface area contributed by atoms with Crippen LogP contribution >= 0.6 is 11.3 Å². The van der Waals surface area contributed by atoms with Crippen LogP contribution in [0, 0.1) is 6.92 Å². The van der Waals surface area contributed by atoms with Gasteiger partial charge in [-0.25, -0.2) is 9.78 Å². The summed E-state index contributed by atoms with van der Waals surface area (Å²) in [6, 6.07) is 10.5. The summed E-state index contributed by atoms with van der Waals surface area (Å²) in [7, 11) is 4.61. The summed E-state index contributed by atoms with van der Waals surface area (Å²) >= 11 is 1.24. The van der Waals surface area contributed by atoms with Crippen molar-refractivity contribution in [2.24, 2.45) is 0 Å². The highest BCUT2D eigenvalue weighted by Crippen LogP contribution is 2.35. The first kappa shape index (κ1) is 22.1. The summed E-state index contributed by atoms with van der Waals surface area (Å²) in [6.07, 6.45) is 0. The average molecular weight is 442 g/mol. The molecule has 0 atom stereocenters. The second-order valence-corrected chi connectivity index (χ2v) is 7.29. The maximum atomic E-state index is 12.3. The maximum Gasteiger partial charge on any atom is 0.342 e. The zero-order valence-electron chi connectivity index (χ0n) is 17.6. The summed E-state index contributed by atoms with van der Waals surface area (Å²) in [5.74, 6) is 0.529. The fourth-order valence-electron chi connectivity index (χ4n) is 2.81. The second kappa shape index (κ2) is 9.94. The van der Waals surface area contributed by atoms with Crippen molar-refractivity contribution >= 4 is 28.3 Å². The van der Waals surface area contributed by atoms with E-state index < -0.39 is 18.5 Å². The number of benzene rings is 2. The highest BCUT2D eigenvalue weighted by Gasteiger charge is 2.17. The fourth-order valence-corrected chi connectivity index (χ4v) is 3.54. The Kier molecular flexibility index (Phi) is 7.09. The van der Waals surface area contributed by atoms with Gasteiger partial charge in [-0.15, -0.1) is 11.3 Å². The van der Waals surface area contributed by atoms with Gasteiger partial charge in [-0.2, -0.15) is 0 Å². The fraction of sp³-hybridized carbons (Fsp3) is 0.227. The van der Waals surface area contributed by atoms with Gasteiger partial charge in [-0.3, -0.25) is 10.1 Å². The van der Waals surface area contributed by atoms with Crippen molar-refractivity contribution in [1.82, 2.24) is 4.98 Å². The monoisotopic (exact) mass is 442 g/mol. The lowest BCUT2D eigenvalue weighted by Crippen LogP contribution is -2.21. The SMILES string of the molecule is COc1ccc(OC)c(-c2csc(NC(=O)COC(=O)c3cc(C)ccc3OC)n2)c1. The zero-order chi connectivity index (χ0) is 22.4. The number of nitrogens with one attached hydrogen (secondary N) is 1. The summed E-state index contributed by atoms with van der Waals surface area (Å²) in [5.41, 5.74) is 2.49. The smallest absolute Gasteiger partial charge is 0.342 e. The molecule has 0 unspecified atom stereocenters. The van der Waals surface area contributed by atoms with Gasteiger partial charge >= 0.3 is 5.97 Å². The molecule has 0 aliphatic rings. The first-order chi connectivity index (χ1) is 14.9. The van der Waals surface area contributed by atoms with E-state index in [1.165, 1.54) is 18.4 Å². The number of nitrogens with zero attached hydrogens (tertiary/aromatic N) is 1. The van der Waals surface area contributed by atoms with E-state index in [0.717, 1.165) is 11.1 Å². The Bertz CT molecular complexity index is 1100. The summed E-state index contributed by atoms with van der Waals surface area (Å²) < 4.78 is 20.9. The van der Waals surface area contributed by atoms with Crippen molar-refractivity contribution in [3.05, 3.63) is 52.9 Å². The molecule has 9 heteroatoms. The lowest BCUT2D eigenvalue weighted by molar-refractivity contribution is -0.119. The minimum atomic E-state index is -0.642. The molecular formula is C22H22N2O6S. The summed E-state index contributed by atoms with van der Waals surface area (Å²) in [5, 5.41) is 4.79. The molecule has 0 saturated heterocycles. The lowest BCUT2D eigenvalue weighted by Gasteiger charge is -2.09. The number of ether oxygens (including phenoxy) is 4. The Morgan fingerprint density at radius 2 is 1.74 bits per heavy atom. The van der Waals surface area contributed by atoms with Crippen LogP contribution in [0.5, 0.6) is 17.2 Å². The molecule has 0 bridgehead atoms. The van der Waals surface area contributed by atoms with Gasteiger partial charge in [0, 0.05) is 10.9 Å². The number of rotatable bonds is 8. The van der Waals surface area contributed by atoms with Crippen LogP contribution in [-0.2, 0) is 9.53 Å². The van der Waals surface area contributed by atoms with Crippen molar-refractivity contribution in [2.45, 2.75) is 6.92 Å². The number of aromatic nitrogens is 1. The Balaban J connectivity index is 1.65. The molecule has 8 nitrogen and oxygen atoms in total. The Morgan fingerprint density at radius 3 is 2.45 bits per heavy atom. The molecule has 1 aromatic heterocycles. The van der Waals surface area contributed by atoms with Gasteiger partial charge in [-0.05, 0) is 37.3 Å². The standard InChI is InChI=1S/C22H22N2O6S/c1-13-5-7-19(29-4)16(9-13)21(26)30-11-20(25)24-22-23-17(12-31-22)15-10-14(27-2)6-8-18(15)28-3/h5-10,12H,11H2,1-4H3,(H,23,24,25). The van der Waals surface area contributed by atoms with E-state index >= 15 is 0 Å². The molecule has 0 fully saturated rings. The van der Waals surface area contributed by atoms with Crippen LogP contribution in [-0.4, -0.2) is 44.8 Å². The van der Waals surface area contributed by atoms with Gasteiger partial charge in [0.25, 0.3) is 5.91 Å². The third-order valence-corrected chi connectivity index (χ3v) is 5.10. The van der Waals surface area contributed by atoms with Crippen molar-refractivity contribution in [2.75, 3.05) is 33.3 Å². The number of aryl methyl sites for hydroxylation is 1. The average Bonchev–Trinajstić information content (AvgIpc) is 3.25. The molecule has 1 heterocycles. The van der Waals surface area contributed by atoms with Crippen LogP contribution in [0.1, 0.15) is 15.9 Å². The largest absolute Gasteiger partial charge is 0.497 e. The van der Waals surface area contributed by atoms with Gasteiger partial charge < -0.3 is 18.9 Å². The molecule has 0 radical (unpaired) electrons. The molecule has 0 spiro atoms. The number of carbonyl (C=O) groups excluding carboxylic acids is 2. The third kappa shape index (κ3) is 5.32. The van der Waals surface area contributed by atoms with E-state index in [1.807, 2.05) is 13.0 Å². The van der Waals surface area contributed by atoms with Crippen LogP contribution in [0.4, 0.5) is 5.13 Å². The van der Waals surface area contributed by atoms with Gasteiger partial charge in [-0.1, -0.05) is 11.6 Å². The Morgan fingerprint density at radius 1 is 1.00 bits per heavy atom. The Hall–Kier alpha value is -3.59. The van der Waals surface area contributed by atoms with E-state index in [1.54, 1.807) is 49.9 Å². The molecule has 31 heavy (non-hydrogen) atoms. The molecular weight excluding hydrogens is 420 g/mol. The lowest BCUT2D eigenvalue weighted by atomic mass is 10.1. The van der Waals surface area contributed by atoms with E-state index in [0.29, 0.717) is 28.1 Å². The minimum Gasteiger partial charge on any atom is -0.497 e. The van der Waals surface area contributed by atoms with Crippen molar-refractivity contribution in [3.8, 4) is 28.5 Å². The highest BCUT2D eigenvalue weighted by atomic mass is 32.1. The number of amides is 1. The summed E-state index contributed by atoms with van der Waals surface area (Å²) in [6.45, 7) is 1.40. The molecule has 1 amide bonds. The molecule has 2 aromatic carbocycles. The quantitative estimate of drug-likeness (QED) is 0.528. The zero-order valence-corrected chi connectivity index (χ0v) is 18.4. The highest BCUT2D eigenvalue weighted by molar-refractivity contribution is 7.14. The molecule has 3 aromatic rings. The van der Waals surface area contributed by atoms with E-state index in [2.05, 4.69) is 10.3 Å². The van der Waals surface area contributed by atoms with E-state index in [9.17, 15) is 9.59 Å². The number of hydrogen-bond donors (Lipinski definition) is 1. The van der Waals surface area contributed by atoms with Crippen LogP contribution in [0.15, 0.2) is 41.8 Å². The number of hydrogen-bond acceptors (Lipinski definition) is 8. The molecule has 0 aliphatic carbocycles. The topological polar surface area (TPSA) is 96.0 Å². The van der Waals surface area contributed by atoms with Gasteiger partial charge in [0.1, 0.15) is 22.8 Å². The first-order valence-electron chi connectivity index (χ1n) is 9.24. The van der Waals surface area contributed by atoms with Crippen LogP contribution in [0.3, 0.4) is 0 Å². The van der Waals surface area contributed by atoms with E-state index in [-0.39, 0.29) is 5.56 Å². The number of esters is 1. The second-order valence-electron chi connectivity index (χ2n) is 6.43. The van der Waals surface area contributed by atoms with Crippen molar-refractivity contribution < 1.29 is 28.5 Å². The molecule has 1 N–H and O–H groups in total. The molecule has 0 aliphatic heterocycles. The number of carbonyl (C=O) groups is 2. The van der Waals surface area contributed by atoms with Crippen molar-refractivity contribution in [3.63, 3.8) is 0 Å². The Labute approximate surface area is 183 Å². The molecule has 3 rings (SSSR count). The maximum absolute atomic E-state index is 12.3. The van der Waals surface area contributed by atoms with Crippen molar-refractivity contribution in [1.29, 1.82) is 0 Å². The van der Waals surface area contributed by atoms with Gasteiger partial charge in [0.05, 0.1) is 27.0 Å². The van der Waals surface area contributed by atoms with Crippen LogP contribution in [0.25, 0.3) is 11.3 Å². The predicted octanol–water partition coefficient (Wildman–Crippen LogP) is 3.94. The van der Waals surface area contributed by atoms with Gasteiger partial charge in [0.2, 0.25) is 0 Å². The van der Waals surface area contributed by atoms with E-state index in [4.69, 9.17) is 18.9 Å². The summed E-state index contributed by atoms with van der Waals surface area (Å²) in [4.78, 5) is 29.0. The van der Waals surface area contributed by atoms with Gasteiger partial charge in [0.15, 0.2) is 11.7 Å². The number of methoxy groups -OCH3 is 3. The minimum absolute atomic E-state index is 0.261. The van der Waals surface area contributed by atoms with Crippen LogP contribution in [0.2, 0.25) is 0 Å². The number of anilines is 1. The first-order valence-corrected chi connectivity index (χ1v) is 10.1. The molecule has 0 saturated carbocycles. The van der Waals surface area contributed by atoms with Crippen LogP contribution < -0.4 is 19.5 Å². The molecule has 162 valence electrons. The third-order valence-electron chi connectivity index (χ3n) is 4.34. The number of thiazole rings is 1. The predicted molar refractivity (Wildman–Crippen MR) is 117 cm³/mol. The normalized spacial score (nSPS) is 10.3.